The van der Waals surface area contributed by atoms with Gasteiger partial charge in [0.05, 0.1) is 21.4 Å². The Balaban J connectivity index is 1.94. The molecule has 7 heteroatoms. The number of hydrogen-bond acceptors (Lipinski definition) is 5. The number of nitrogens with zero attached hydrogens (tertiary/aromatic N) is 4. The minimum Gasteiger partial charge on any atom is -0.364 e. The molecule has 4 aromatic rings. The van der Waals surface area contributed by atoms with Crippen LogP contribution in [0.1, 0.15) is 16.2 Å². The monoisotopic (exact) mass is 335 g/mol. The number of pyridine rings is 1. The molecule has 0 unspecified atom stereocenters. The third-order valence-electron chi connectivity index (χ3n) is 3.68. The van der Waals surface area contributed by atoms with E-state index in [0.29, 0.717) is 5.82 Å². The quantitative estimate of drug-likeness (QED) is 0.623. The number of aromatic nitrogens is 4. The number of thiazole rings is 1. The smallest absolute Gasteiger partial charge is 0.269 e. The van der Waals surface area contributed by atoms with Crippen molar-refractivity contribution in [3.05, 3.63) is 59.4 Å². The molecular weight excluding hydrogens is 322 g/mol. The molecule has 4 rings (SSSR count). The van der Waals surface area contributed by atoms with Crippen molar-refractivity contribution in [1.82, 2.24) is 19.7 Å². The zero-order chi connectivity index (χ0) is 16.7. The first-order chi connectivity index (χ1) is 11.6. The molecule has 0 aliphatic carbocycles. The van der Waals surface area contributed by atoms with E-state index in [1.54, 1.807) is 22.1 Å². The molecule has 0 radical (unpaired) electrons. The first-order valence-electron chi connectivity index (χ1n) is 7.29. The fourth-order valence-electron chi connectivity index (χ4n) is 2.54. The summed E-state index contributed by atoms with van der Waals surface area (Å²) in [6, 6.07) is 13.3. The molecule has 0 aliphatic rings. The van der Waals surface area contributed by atoms with Crippen molar-refractivity contribution in [3.8, 4) is 17.1 Å². The first kappa shape index (κ1) is 14.5. The summed E-state index contributed by atoms with van der Waals surface area (Å²) in [5.41, 5.74) is 10.9. The van der Waals surface area contributed by atoms with E-state index in [9.17, 15) is 4.79 Å². The van der Waals surface area contributed by atoms with E-state index in [1.807, 2.05) is 48.8 Å². The highest BCUT2D eigenvalue weighted by Gasteiger charge is 2.16. The van der Waals surface area contributed by atoms with Crippen LogP contribution >= 0.6 is 11.3 Å². The Morgan fingerprint density at radius 1 is 1.21 bits per heavy atom. The number of fused-ring (bicyclic) bond motifs is 1. The predicted octanol–water partition coefficient (Wildman–Crippen LogP) is 2.95. The molecule has 3 heterocycles. The number of aryl methyl sites for hydroxylation is 1. The van der Waals surface area contributed by atoms with Crippen LogP contribution in [0.15, 0.2) is 48.0 Å². The van der Waals surface area contributed by atoms with Crippen LogP contribution in [-0.4, -0.2) is 25.7 Å². The zero-order valence-corrected chi connectivity index (χ0v) is 13.6. The number of carbonyl (C=O) groups excluding carboxylic acids is 1. The van der Waals surface area contributed by atoms with E-state index in [2.05, 4.69) is 15.1 Å². The van der Waals surface area contributed by atoms with Crippen LogP contribution in [0.2, 0.25) is 0 Å². The Kier molecular flexibility index (Phi) is 3.35. The molecule has 0 saturated heterocycles. The lowest BCUT2D eigenvalue weighted by Gasteiger charge is -2.07. The van der Waals surface area contributed by atoms with E-state index >= 15 is 0 Å². The lowest BCUT2D eigenvalue weighted by molar-refractivity contribution is 0.0995. The van der Waals surface area contributed by atoms with Gasteiger partial charge in [0.25, 0.3) is 5.91 Å². The maximum Gasteiger partial charge on any atom is 0.269 e. The number of benzene rings is 1. The molecule has 2 N–H and O–H groups in total. The number of hydrogen-bond donors (Lipinski definition) is 1. The van der Waals surface area contributed by atoms with Crippen molar-refractivity contribution in [3.63, 3.8) is 0 Å². The van der Waals surface area contributed by atoms with Gasteiger partial charge >= 0.3 is 0 Å². The lowest BCUT2D eigenvalue weighted by atomic mass is 10.1. The summed E-state index contributed by atoms with van der Waals surface area (Å²) in [5.74, 6) is 0.0726. The van der Waals surface area contributed by atoms with Crippen LogP contribution in [0.4, 0.5) is 0 Å². The van der Waals surface area contributed by atoms with Gasteiger partial charge in [-0.2, -0.15) is 5.10 Å². The summed E-state index contributed by atoms with van der Waals surface area (Å²) in [6.07, 6.45) is 0. The Morgan fingerprint density at radius 3 is 2.88 bits per heavy atom. The maximum atomic E-state index is 11.6. The van der Waals surface area contributed by atoms with Crippen LogP contribution in [0.25, 0.3) is 27.3 Å². The van der Waals surface area contributed by atoms with Crippen LogP contribution in [0.5, 0.6) is 0 Å². The molecule has 0 spiro atoms. The van der Waals surface area contributed by atoms with E-state index in [1.165, 1.54) is 0 Å². The molecule has 6 nitrogen and oxygen atoms in total. The SMILES string of the molecule is Cc1cccc(-n2nc(C(N)=O)cc2-c2ccc3ncsc3c2)n1. The van der Waals surface area contributed by atoms with Crippen molar-refractivity contribution in [1.29, 1.82) is 0 Å². The first-order valence-corrected chi connectivity index (χ1v) is 8.17. The van der Waals surface area contributed by atoms with Gasteiger partial charge in [0.15, 0.2) is 11.5 Å². The molecule has 0 saturated carbocycles. The molecule has 1 aromatic carbocycles. The number of nitrogens with two attached hydrogens (primary N) is 1. The molecule has 3 aromatic heterocycles. The maximum absolute atomic E-state index is 11.6. The van der Waals surface area contributed by atoms with Gasteiger partial charge in [-0.3, -0.25) is 4.79 Å². The highest BCUT2D eigenvalue weighted by atomic mass is 32.1. The minimum absolute atomic E-state index is 0.206. The van der Waals surface area contributed by atoms with Crippen LogP contribution in [0, 0.1) is 6.92 Å². The van der Waals surface area contributed by atoms with Gasteiger partial charge in [0, 0.05) is 11.3 Å². The van der Waals surface area contributed by atoms with Crippen molar-refractivity contribution in [2.24, 2.45) is 5.73 Å². The van der Waals surface area contributed by atoms with Crippen LogP contribution in [0.3, 0.4) is 0 Å². The van der Waals surface area contributed by atoms with Crippen molar-refractivity contribution in [2.75, 3.05) is 0 Å². The number of carbonyl (C=O) groups is 1. The highest BCUT2D eigenvalue weighted by Crippen LogP contribution is 2.28. The molecular formula is C17H13N5OS. The summed E-state index contributed by atoms with van der Waals surface area (Å²) in [4.78, 5) is 20.4. The van der Waals surface area contributed by atoms with Gasteiger partial charge in [-0.05, 0) is 37.3 Å². The topological polar surface area (TPSA) is 86.7 Å². The molecule has 0 atom stereocenters. The summed E-state index contributed by atoms with van der Waals surface area (Å²) in [7, 11) is 0. The molecule has 118 valence electrons. The van der Waals surface area contributed by atoms with Gasteiger partial charge in [0.1, 0.15) is 0 Å². The second-order valence-corrected chi connectivity index (χ2v) is 6.25. The molecule has 0 bridgehead atoms. The van der Waals surface area contributed by atoms with E-state index in [-0.39, 0.29) is 5.69 Å². The Bertz CT molecular complexity index is 1070. The lowest BCUT2D eigenvalue weighted by Crippen LogP contribution is -2.12. The normalized spacial score (nSPS) is 11.0. The number of primary amides is 1. The largest absolute Gasteiger partial charge is 0.364 e. The van der Waals surface area contributed by atoms with Gasteiger partial charge in [-0.15, -0.1) is 11.3 Å². The summed E-state index contributed by atoms with van der Waals surface area (Å²) in [5, 5.41) is 4.33. The minimum atomic E-state index is -0.568. The van der Waals surface area contributed by atoms with Crippen LogP contribution < -0.4 is 5.73 Å². The number of amides is 1. The molecule has 1 amide bonds. The number of rotatable bonds is 3. The summed E-state index contributed by atoms with van der Waals surface area (Å²) in [6.45, 7) is 1.91. The second kappa shape index (κ2) is 5.54. The fraction of sp³-hybridized carbons (Fsp3) is 0.0588. The second-order valence-electron chi connectivity index (χ2n) is 5.36. The fourth-order valence-corrected chi connectivity index (χ4v) is 3.26. The molecule has 0 aliphatic heterocycles. The van der Waals surface area contributed by atoms with E-state index in [4.69, 9.17) is 5.73 Å². The third kappa shape index (κ3) is 2.44. The standard InChI is InChI=1S/C17H13N5OS/c1-10-3-2-4-16(20-10)22-14(8-13(21-22)17(18)23)11-5-6-12-15(7-11)24-9-19-12/h2-9H,1H3,(H2,18,23). The van der Waals surface area contributed by atoms with Gasteiger partial charge in [-0.25, -0.2) is 14.6 Å². The van der Waals surface area contributed by atoms with E-state index in [0.717, 1.165) is 27.2 Å². The Hall–Kier alpha value is -3.06. The predicted molar refractivity (Wildman–Crippen MR) is 93.2 cm³/mol. The van der Waals surface area contributed by atoms with Crippen molar-refractivity contribution < 1.29 is 4.79 Å². The van der Waals surface area contributed by atoms with Crippen LogP contribution in [-0.2, 0) is 0 Å². The highest BCUT2D eigenvalue weighted by molar-refractivity contribution is 7.16. The molecule has 24 heavy (non-hydrogen) atoms. The van der Waals surface area contributed by atoms with Crippen molar-refractivity contribution in [2.45, 2.75) is 6.92 Å². The average molecular weight is 335 g/mol. The van der Waals surface area contributed by atoms with E-state index < -0.39 is 5.91 Å². The molecule has 0 fully saturated rings. The summed E-state index contributed by atoms with van der Waals surface area (Å²) >= 11 is 1.57. The van der Waals surface area contributed by atoms with Crippen molar-refractivity contribution >= 4 is 27.5 Å². The van der Waals surface area contributed by atoms with Gasteiger partial charge < -0.3 is 5.73 Å². The van der Waals surface area contributed by atoms with Gasteiger partial charge in [-0.1, -0.05) is 12.1 Å². The van der Waals surface area contributed by atoms with Gasteiger partial charge in [0.2, 0.25) is 0 Å². The summed E-state index contributed by atoms with van der Waals surface area (Å²) < 4.78 is 2.72. The third-order valence-corrected chi connectivity index (χ3v) is 4.47. The zero-order valence-electron chi connectivity index (χ0n) is 12.8. The Morgan fingerprint density at radius 2 is 2.08 bits per heavy atom. The Labute approximate surface area is 141 Å². The average Bonchev–Trinajstić information content (AvgIpc) is 3.21.